The van der Waals surface area contributed by atoms with Crippen LogP contribution in [0.4, 0.5) is 0 Å². The van der Waals surface area contributed by atoms with Crippen molar-refractivity contribution in [2.24, 2.45) is 0 Å². The maximum absolute atomic E-state index is 11.6. The van der Waals surface area contributed by atoms with Crippen LogP contribution in [0.2, 0.25) is 0 Å². The summed E-state index contributed by atoms with van der Waals surface area (Å²) in [6, 6.07) is 0. The van der Waals surface area contributed by atoms with Crippen molar-refractivity contribution >= 4 is 10.0 Å². The van der Waals surface area contributed by atoms with E-state index in [-0.39, 0.29) is 5.75 Å². The molecule has 0 fully saturated rings. The van der Waals surface area contributed by atoms with Crippen LogP contribution in [0.25, 0.3) is 0 Å². The quantitative estimate of drug-likeness (QED) is 0.496. The first-order valence-corrected chi connectivity index (χ1v) is 8.53. The molecule has 5 nitrogen and oxygen atoms in total. The van der Waals surface area contributed by atoms with Gasteiger partial charge in [-0.05, 0) is 32.4 Å². The van der Waals surface area contributed by atoms with Crippen LogP contribution in [0.5, 0.6) is 0 Å². The van der Waals surface area contributed by atoms with E-state index < -0.39 is 10.0 Å². The summed E-state index contributed by atoms with van der Waals surface area (Å²) in [5.41, 5.74) is 0. The highest BCUT2D eigenvalue weighted by Gasteiger charge is 2.08. The van der Waals surface area contributed by atoms with Crippen LogP contribution in [-0.2, 0) is 14.8 Å². The van der Waals surface area contributed by atoms with Gasteiger partial charge in [0, 0.05) is 13.2 Å². The maximum atomic E-state index is 11.6. The highest BCUT2D eigenvalue weighted by Crippen LogP contribution is 1.94. The van der Waals surface area contributed by atoms with Crippen molar-refractivity contribution in [2.75, 3.05) is 38.6 Å². The fourth-order valence-corrected chi connectivity index (χ4v) is 2.53. The van der Waals surface area contributed by atoms with Gasteiger partial charge < -0.3 is 10.1 Å². The van der Waals surface area contributed by atoms with Gasteiger partial charge in [-0.25, -0.2) is 13.1 Å². The zero-order valence-corrected chi connectivity index (χ0v) is 12.5. The number of rotatable bonds is 13. The molecule has 0 heterocycles. The molecule has 0 saturated carbocycles. The number of unbranched alkanes of at least 4 members (excludes halogenated alkanes) is 2. The summed E-state index contributed by atoms with van der Waals surface area (Å²) in [6.45, 7) is 7.49. The van der Waals surface area contributed by atoms with Gasteiger partial charge in [0.1, 0.15) is 0 Å². The van der Waals surface area contributed by atoms with Gasteiger partial charge in [-0.3, -0.25) is 0 Å². The second-order valence-corrected chi connectivity index (χ2v) is 6.17. The Balaban J connectivity index is 3.43. The average molecular weight is 280 g/mol. The van der Waals surface area contributed by atoms with E-state index >= 15 is 0 Å². The Kier molecular flexibility index (Phi) is 11.8. The maximum Gasteiger partial charge on any atom is 0.211 e. The van der Waals surface area contributed by atoms with E-state index in [1.165, 1.54) is 0 Å². The third-order valence-electron chi connectivity index (χ3n) is 2.48. The molecule has 110 valence electrons. The largest absolute Gasteiger partial charge is 0.380 e. The molecule has 0 amide bonds. The average Bonchev–Trinajstić information content (AvgIpc) is 2.33. The lowest BCUT2D eigenvalue weighted by Crippen LogP contribution is -2.30. The number of hydrogen-bond donors (Lipinski definition) is 2. The van der Waals surface area contributed by atoms with Gasteiger partial charge in [0.05, 0.1) is 12.4 Å². The Labute approximate surface area is 112 Å². The van der Waals surface area contributed by atoms with Gasteiger partial charge in [0.2, 0.25) is 10.0 Å². The van der Waals surface area contributed by atoms with Gasteiger partial charge in [-0.15, -0.1) is 0 Å². The summed E-state index contributed by atoms with van der Waals surface area (Å²) < 4.78 is 31.0. The first-order chi connectivity index (χ1) is 8.62. The van der Waals surface area contributed by atoms with Crippen LogP contribution >= 0.6 is 0 Å². The summed E-state index contributed by atoms with van der Waals surface area (Å²) in [7, 11) is -3.12. The van der Waals surface area contributed by atoms with Crippen molar-refractivity contribution in [2.45, 2.75) is 39.5 Å². The van der Waals surface area contributed by atoms with Crippen molar-refractivity contribution in [1.29, 1.82) is 0 Å². The SMILES string of the molecule is CCCCOCCNS(=O)(=O)CCCCNCC. The van der Waals surface area contributed by atoms with Crippen molar-refractivity contribution in [1.82, 2.24) is 10.0 Å². The smallest absolute Gasteiger partial charge is 0.211 e. The van der Waals surface area contributed by atoms with E-state index in [1.54, 1.807) is 0 Å². The second kappa shape index (κ2) is 11.9. The summed E-state index contributed by atoms with van der Waals surface area (Å²) in [6.07, 6.45) is 3.70. The summed E-state index contributed by atoms with van der Waals surface area (Å²) >= 11 is 0. The van der Waals surface area contributed by atoms with Crippen LogP contribution in [0.15, 0.2) is 0 Å². The highest BCUT2D eigenvalue weighted by atomic mass is 32.2. The van der Waals surface area contributed by atoms with Gasteiger partial charge >= 0.3 is 0 Å². The third kappa shape index (κ3) is 12.3. The first-order valence-electron chi connectivity index (χ1n) is 6.88. The first kappa shape index (κ1) is 17.8. The Morgan fingerprint density at radius 1 is 1.00 bits per heavy atom. The van der Waals surface area contributed by atoms with Gasteiger partial charge in [0.25, 0.3) is 0 Å². The molecule has 0 rings (SSSR count). The molecular weight excluding hydrogens is 252 g/mol. The second-order valence-electron chi connectivity index (χ2n) is 4.24. The molecule has 0 spiro atoms. The molecule has 0 aromatic rings. The summed E-state index contributed by atoms with van der Waals surface area (Å²) in [5.74, 6) is 0.202. The fraction of sp³-hybridized carbons (Fsp3) is 1.00. The van der Waals surface area contributed by atoms with Gasteiger partial charge in [-0.1, -0.05) is 20.3 Å². The van der Waals surface area contributed by atoms with Gasteiger partial charge in [0.15, 0.2) is 0 Å². The molecule has 0 bridgehead atoms. The number of hydrogen-bond acceptors (Lipinski definition) is 4. The molecule has 2 N–H and O–H groups in total. The van der Waals surface area contributed by atoms with Crippen LogP contribution in [0.1, 0.15) is 39.5 Å². The zero-order valence-electron chi connectivity index (χ0n) is 11.7. The molecule has 0 aliphatic rings. The Morgan fingerprint density at radius 3 is 2.44 bits per heavy atom. The predicted molar refractivity (Wildman–Crippen MR) is 75.3 cm³/mol. The minimum Gasteiger partial charge on any atom is -0.380 e. The molecule has 0 radical (unpaired) electrons. The Hall–Kier alpha value is -0.170. The molecule has 0 aliphatic carbocycles. The lowest BCUT2D eigenvalue weighted by molar-refractivity contribution is 0.136. The molecule has 0 atom stereocenters. The van der Waals surface area contributed by atoms with E-state index in [0.29, 0.717) is 26.2 Å². The zero-order chi connectivity index (χ0) is 13.7. The van der Waals surface area contributed by atoms with E-state index in [4.69, 9.17) is 4.74 Å². The van der Waals surface area contributed by atoms with Crippen LogP contribution in [0, 0.1) is 0 Å². The minimum absolute atomic E-state index is 0.202. The van der Waals surface area contributed by atoms with Crippen molar-refractivity contribution in [3.8, 4) is 0 Å². The molecule has 0 saturated heterocycles. The van der Waals surface area contributed by atoms with Gasteiger partial charge in [-0.2, -0.15) is 0 Å². The van der Waals surface area contributed by atoms with Crippen LogP contribution < -0.4 is 10.0 Å². The standard InChI is InChI=1S/C12H28N2O3S/c1-3-5-10-17-11-9-14-18(15,16)12-7-6-8-13-4-2/h13-14H,3-12H2,1-2H3. The molecule has 18 heavy (non-hydrogen) atoms. The lowest BCUT2D eigenvalue weighted by atomic mass is 10.3. The Morgan fingerprint density at radius 2 is 1.78 bits per heavy atom. The van der Waals surface area contributed by atoms with Crippen molar-refractivity contribution in [3.05, 3.63) is 0 Å². The molecule has 0 aromatic carbocycles. The van der Waals surface area contributed by atoms with E-state index in [1.807, 2.05) is 6.92 Å². The molecule has 0 aliphatic heterocycles. The predicted octanol–water partition coefficient (Wildman–Crippen LogP) is 1.11. The molecule has 0 aromatic heterocycles. The normalized spacial score (nSPS) is 11.9. The highest BCUT2D eigenvalue weighted by molar-refractivity contribution is 7.89. The monoisotopic (exact) mass is 280 g/mol. The van der Waals surface area contributed by atoms with E-state index in [2.05, 4.69) is 17.0 Å². The number of nitrogens with one attached hydrogen (secondary N) is 2. The van der Waals surface area contributed by atoms with Crippen LogP contribution in [-0.4, -0.2) is 47.0 Å². The summed E-state index contributed by atoms with van der Waals surface area (Å²) in [4.78, 5) is 0. The van der Waals surface area contributed by atoms with Crippen LogP contribution in [0.3, 0.4) is 0 Å². The van der Waals surface area contributed by atoms with Crippen molar-refractivity contribution in [3.63, 3.8) is 0 Å². The number of sulfonamides is 1. The van der Waals surface area contributed by atoms with E-state index in [9.17, 15) is 8.42 Å². The van der Waals surface area contributed by atoms with E-state index in [0.717, 1.165) is 32.4 Å². The molecule has 0 unspecified atom stereocenters. The lowest BCUT2D eigenvalue weighted by Gasteiger charge is -2.07. The number of ether oxygens (including phenoxy) is 1. The Bertz CT molecular complexity index is 268. The minimum atomic E-state index is -3.12. The summed E-state index contributed by atoms with van der Waals surface area (Å²) in [5, 5.41) is 3.17. The fourth-order valence-electron chi connectivity index (χ4n) is 1.41. The molecule has 6 heteroatoms. The molecular formula is C12H28N2O3S. The topological polar surface area (TPSA) is 67.4 Å². The van der Waals surface area contributed by atoms with Crippen molar-refractivity contribution < 1.29 is 13.2 Å². The third-order valence-corrected chi connectivity index (χ3v) is 3.95.